The molecular formula is C16H13N5. The van der Waals surface area contributed by atoms with Gasteiger partial charge in [-0.05, 0) is 12.5 Å². The van der Waals surface area contributed by atoms with E-state index in [1.54, 1.807) is 6.20 Å². The van der Waals surface area contributed by atoms with Crippen molar-refractivity contribution in [2.45, 2.75) is 6.92 Å². The normalized spacial score (nSPS) is 11.3. The summed E-state index contributed by atoms with van der Waals surface area (Å²) in [6.07, 6.45) is 3.67. The summed E-state index contributed by atoms with van der Waals surface area (Å²) in [6, 6.07) is 10.0. The van der Waals surface area contributed by atoms with Crippen molar-refractivity contribution >= 4 is 22.3 Å². The minimum Gasteiger partial charge on any atom is -0.287 e. The van der Waals surface area contributed by atoms with Gasteiger partial charge in [0, 0.05) is 18.0 Å². The summed E-state index contributed by atoms with van der Waals surface area (Å²) < 4.78 is 1.96. The van der Waals surface area contributed by atoms with E-state index in [0.717, 1.165) is 33.7 Å². The summed E-state index contributed by atoms with van der Waals surface area (Å²) in [7, 11) is 0. The van der Waals surface area contributed by atoms with Gasteiger partial charge < -0.3 is 0 Å². The minimum atomic E-state index is 0.665. The molecule has 4 aromatic rings. The van der Waals surface area contributed by atoms with Crippen molar-refractivity contribution in [1.29, 1.82) is 0 Å². The first-order chi connectivity index (χ1) is 10.3. The van der Waals surface area contributed by atoms with Crippen molar-refractivity contribution in [2.75, 3.05) is 0 Å². The number of benzene rings is 1. The lowest BCUT2D eigenvalue weighted by atomic mass is 10.0. The maximum Gasteiger partial charge on any atom is 0.187 e. The van der Waals surface area contributed by atoms with Crippen LogP contribution in [0.15, 0.2) is 49.3 Å². The second-order valence-electron chi connectivity index (χ2n) is 4.92. The standard InChI is InChI=1S/C16H13N5/c1-10(12-6-4-3-5-7-12)14-13-15(20-19-14)18-11(2)21-9-8-17-16(13)21/h3-9H,1H2,2H3,(H,19,20). The summed E-state index contributed by atoms with van der Waals surface area (Å²) in [5, 5.41) is 8.26. The fraction of sp³-hybridized carbons (Fsp3) is 0.0625. The quantitative estimate of drug-likeness (QED) is 0.612. The molecule has 1 N–H and O–H groups in total. The van der Waals surface area contributed by atoms with Gasteiger partial charge in [-0.2, -0.15) is 5.10 Å². The molecule has 3 heterocycles. The lowest BCUT2D eigenvalue weighted by Gasteiger charge is -2.05. The molecule has 0 saturated heterocycles. The monoisotopic (exact) mass is 275 g/mol. The van der Waals surface area contributed by atoms with Crippen molar-refractivity contribution in [3.8, 4) is 0 Å². The molecule has 5 heteroatoms. The zero-order chi connectivity index (χ0) is 14.4. The number of aromatic amines is 1. The molecule has 0 amide bonds. The Bertz CT molecular complexity index is 962. The number of fused-ring (bicyclic) bond motifs is 3. The smallest absolute Gasteiger partial charge is 0.187 e. The maximum absolute atomic E-state index is 4.51. The Morgan fingerprint density at radius 3 is 2.86 bits per heavy atom. The fourth-order valence-corrected chi connectivity index (χ4v) is 2.58. The van der Waals surface area contributed by atoms with E-state index in [-0.39, 0.29) is 0 Å². The second-order valence-corrected chi connectivity index (χ2v) is 4.92. The molecular weight excluding hydrogens is 262 g/mol. The minimum absolute atomic E-state index is 0.665. The molecule has 3 aromatic heterocycles. The van der Waals surface area contributed by atoms with Gasteiger partial charge in [-0.1, -0.05) is 36.9 Å². The van der Waals surface area contributed by atoms with Gasteiger partial charge in [0.15, 0.2) is 11.3 Å². The van der Waals surface area contributed by atoms with Crippen LogP contribution in [0.2, 0.25) is 0 Å². The van der Waals surface area contributed by atoms with Crippen molar-refractivity contribution in [1.82, 2.24) is 24.6 Å². The molecule has 5 nitrogen and oxygen atoms in total. The van der Waals surface area contributed by atoms with Gasteiger partial charge in [0.2, 0.25) is 0 Å². The largest absolute Gasteiger partial charge is 0.287 e. The molecule has 0 aliphatic heterocycles. The van der Waals surface area contributed by atoms with E-state index in [2.05, 4.69) is 26.7 Å². The van der Waals surface area contributed by atoms with Gasteiger partial charge in [0.25, 0.3) is 0 Å². The van der Waals surface area contributed by atoms with Crippen LogP contribution in [0.5, 0.6) is 0 Å². The van der Waals surface area contributed by atoms with E-state index in [0.29, 0.717) is 5.65 Å². The fourth-order valence-electron chi connectivity index (χ4n) is 2.58. The Hall–Kier alpha value is -2.95. The average Bonchev–Trinajstić information content (AvgIpc) is 3.13. The number of hydrogen-bond acceptors (Lipinski definition) is 3. The average molecular weight is 275 g/mol. The molecule has 0 unspecified atom stereocenters. The second kappa shape index (κ2) is 4.28. The number of aryl methyl sites for hydroxylation is 1. The summed E-state index contributed by atoms with van der Waals surface area (Å²) >= 11 is 0. The number of aromatic nitrogens is 5. The van der Waals surface area contributed by atoms with Gasteiger partial charge in [-0.3, -0.25) is 9.50 Å². The van der Waals surface area contributed by atoms with Crippen LogP contribution in [0.4, 0.5) is 0 Å². The van der Waals surface area contributed by atoms with Crippen LogP contribution in [0.3, 0.4) is 0 Å². The molecule has 4 rings (SSSR count). The Balaban J connectivity index is 2.02. The number of hydrogen-bond donors (Lipinski definition) is 1. The zero-order valence-corrected chi connectivity index (χ0v) is 11.5. The van der Waals surface area contributed by atoms with E-state index in [4.69, 9.17) is 0 Å². The van der Waals surface area contributed by atoms with Crippen molar-refractivity contribution in [3.63, 3.8) is 0 Å². The lowest BCUT2D eigenvalue weighted by Crippen LogP contribution is -1.96. The lowest BCUT2D eigenvalue weighted by molar-refractivity contribution is 0.996. The number of nitrogens with one attached hydrogen (secondary N) is 1. The van der Waals surface area contributed by atoms with Crippen molar-refractivity contribution in [3.05, 3.63) is 66.4 Å². The van der Waals surface area contributed by atoms with Crippen LogP contribution >= 0.6 is 0 Å². The molecule has 0 aliphatic carbocycles. The Kier molecular flexibility index (Phi) is 2.41. The molecule has 1 aromatic carbocycles. The first kappa shape index (κ1) is 11.8. The first-order valence-electron chi connectivity index (χ1n) is 6.68. The highest BCUT2D eigenvalue weighted by Gasteiger charge is 2.16. The van der Waals surface area contributed by atoms with E-state index in [1.807, 2.05) is 47.9 Å². The molecule has 0 atom stereocenters. The van der Waals surface area contributed by atoms with Gasteiger partial charge in [-0.15, -0.1) is 0 Å². The molecule has 21 heavy (non-hydrogen) atoms. The van der Waals surface area contributed by atoms with Crippen molar-refractivity contribution in [2.24, 2.45) is 0 Å². The van der Waals surface area contributed by atoms with Gasteiger partial charge >= 0.3 is 0 Å². The molecule has 0 fully saturated rings. The topological polar surface area (TPSA) is 58.9 Å². The van der Waals surface area contributed by atoms with Gasteiger partial charge in [0.1, 0.15) is 5.82 Å². The van der Waals surface area contributed by atoms with Crippen LogP contribution < -0.4 is 0 Å². The van der Waals surface area contributed by atoms with Crippen LogP contribution in [-0.4, -0.2) is 24.6 Å². The third-order valence-electron chi connectivity index (χ3n) is 3.65. The predicted octanol–water partition coefficient (Wildman–Crippen LogP) is 2.98. The zero-order valence-electron chi connectivity index (χ0n) is 11.5. The molecule has 0 aliphatic rings. The van der Waals surface area contributed by atoms with E-state index in [1.165, 1.54) is 0 Å². The Morgan fingerprint density at radius 1 is 1.24 bits per heavy atom. The molecule has 0 spiro atoms. The SMILES string of the molecule is C=C(c1ccccc1)c1[nH]nc2nc(C)n3ccnc3c12. The summed E-state index contributed by atoms with van der Waals surface area (Å²) in [5.74, 6) is 0.860. The third kappa shape index (κ3) is 1.67. The number of rotatable bonds is 2. The Labute approximate surface area is 121 Å². The number of imidazole rings is 1. The highest BCUT2D eigenvalue weighted by Crippen LogP contribution is 2.28. The van der Waals surface area contributed by atoms with Gasteiger partial charge in [-0.25, -0.2) is 9.97 Å². The van der Waals surface area contributed by atoms with Crippen LogP contribution in [0.1, 0.15) is 17.1 Å². The molecule has 0 radical (unpaired) electrons. The molecule has 102 valence electrons. The van der Waals surface area contributed by atoms with Gasteiger partial charge in [0.05, 0.1) is 11.1 Å². The summed E-state index contributed by atoms with van der Waals surface area (Å²) in [5.41, 5.74) is 4.30. The predicted molar refractivity (Wildman–Crippen MR) is 82.0 cm³/mol. The summed E-state index contributed by atoms with van der Waals surface area (Å²) in [6.45, 7) is 6.13. The van der Waals surface area contributed by atoms with Crippen LogP contribution in [0, 0.1) is 6.92 Å². The highest BCUT2D eigenvalue weighted by molar-refractivity contribution is 6.00. The summed E-state index contributed by atoms with van der Waals surface area (Å²) in [4.78, 5) is 8.95. The number of H-pyrrole nitrogens is 1. The third-order valence-corrected chi connectivity index (χ3v) is 3.65. The van der Waals surface area contributed by atoms with Crippen LogP contribution in [-0.2, 0) is 0 Å². The first-order valence-corrected chi connectivity index (χ1v) is 6.68. The van der Waals surface area contributed by atoms with Crippen LogP contribution in [0.25, 0.3) is 22.3 Å². The molecule has 0 bridgehead atoms. The molecule has 0 saturated carbocycles. The highest BCUT2D eigenvalue weighted by atomic mass is 15.2. The van der Waals surface area contributed by atoms with Crippen molar-refractivity contribution < 1.29 is 0 Å². The number of nitrogens with zero attached hydrogens (tertiary/aromatic N) is 4. The Morgan fingerprint density at radius 2 is 2.05 bits per heavy atom. The van der Waals surface area contributed by atoms with E-state index < -0.39 is 0 Å². The maximum atomic E-state index is 4.51. The van der Waals surface area contributed by atoms with E-state index in [9.17, 15) is 0 Å². The van der Waals surface area contributed by atoms with E-state index >= 15 is 0 Å².